The highest BCUT2D eigenvalue weighted by atomic mass is 16.3. The van der Waals surface area contributed by atoms with Crippen LogP contribution in [0.5, 0.6) is 0 Å². The van der Waals surface area contributed by atoms with Gasteiger partial charge in [-0.25, -0.2) is 9.97 Å². The molecule has 2 N–H and O–H groups in total. The lowest BCUT2D eigenvalue weighted by atomic mass is 10.0. The number of ketones is 1. The fourth-order valence-electron chi connectivity index (χ4n) is 3.21. The Balaban J connectivity index is 1.61. The van der Waals surface area contributed by atoms with Crippen LogP contribution in [-0.2, 0) is 0 Å². The predicted molar refractivity (Wildman–Crippen MR) is 95.8 cm³/mol. The standard InChI is InChI=1S/C19H20N4O2/c1-12-22-16-3-2-13(10-17(16)25-12)19(24)14-4-7-21-18(11-14)23-8-5-15(20)6-9-23/h2-4,7,10-11,15H,5-6,8-9,20H2,1H3. The van der Waals surface area contributed by atoms with Crippen LogP contribution in [0.15, 0.2) is 40.9 Å². The molecule has 1 aliphatic heterocycles. The summed E-state index contributed by atoms with van der Waals surface area (Å²) in [4.78, 5) is 23.7. The van der Waals surface area contributed by atoms with Gasteiger partial charge in [0.2, 0.25) is 0 Å². The van der Waals surface area contributed by atoms with Gasteiger partial charge in [-0.15, -0.1) is 0 Å². The van der Waals surface area contributed by atoms with Crippen molar-refractivity contribution in [2.75, 3.05) is 18.0 Å². The van der Waals surface area contributed by atoms with Gasteiger partial charge in [0.1, 0.15) is 11.3 Å². The largest absolute Gasteiger partial charge is 0.441 e. The van der Waals surface area contributed by atoms with E-state index in [1.54, 1.807) is 31.3 Å². The first-order chi connectivity index (χ1) is 12.1. The minimum absolute atomic E-state index is 0.0479. The third-order valence-corrected chi connectivity index (χ3v) is 4.63. The number of piperidine rings is 1. The van der Waals surface area contributed by atoms with Gasteiger partial charge in [-0.05, 0) is 43.2 Å². The Kier molecular flexibility index (Phi) is 3.97. The first-order valence-electron chi connectivity index (χ1n) is 8.48. The summed E-state index contributed by atoms with van der Waals surface area (Å²) in [6.07, 6.45) is 3.58. The lowest BCUT2D eigenvalue weighted by Gasteiger charge is -2.31. The molecule has 1 fully saturated rings. The van der Waals surface area contributed by atoms with E-state index in [0.717, 1.165) is 37.3 Å². The number of carbonyl (C=O) groups excluding carboxylic acids is 1. The number of nitrogens with zero attached hydrogens (tertiary/aromatic N) is 3. The predicted octanol–water partition coefficient (Wildman–Crippen LogP) is 2.69. The topological polar surface area (TPSA) is 85.2 Å². The number of oxazole rings is 1. The quantitative estimate of drug-likeness (QED) is 0.740. The second kappa shape index (κ2) is 6.29. The summed E-state index contributed by atoms with van der Waals surface area (Å²) in [5.41, 5.74) is 8.55. The number of benzene rings is 1. The molecule has 1 aromatic carbocycles. The van der Waals surface area contributed by atoms with E-state index in [2.05, 4.69) is 14.9 Å². The molecule has 128 valence electrons. The zero-order chi connectivity index (χ0) is 17.4. The molecule has 0 amide bonds. The van der Waals surface area contributed by atoms with E-state index >= 15 is 0 Å². The van der Waals surface area contributed by atoms with Gasteiger partial charge in [0.25, 0.3) is 0 Å². The molecule has 0 bridgehead atoms. The molecule has 0 spiro atoms. The number of aromatic nitrogens is 2. The molecule has 4 rings (SSSR count). The lowest BCUT2D eigenvalue weighted by molar-refractivity contribution is 0.103. The van der Waals surface area contributed by atoms with Crippen LogP contribution < -0.4 is 10.6 Å². The molecule has 0 radical (unpaired) electrons. The van der Waals surface area contributed by atoms with Gasteiger partial charge in [-0.1, -0.05) is 0 Å². The third-order valence-electron chi connectivity index (χ3n) is 4.63. The van der Waals surface area contributed by atoms with E-state index in [0.29, 0.717) is 22.6 Å². The van der Waals surface area contributed by atoms with Crippen LogP contribution in [0.25, 0.3) is 11.1 Å². The van der Waals surface area contributed by atoms with Crippen LogP contribution in [0, 0.1) is 6.92 Å². The lowest BCUT2D eigenvalue weighted by Crippen LogP contribution is -2.40. The van der Waals surface area contributed by atoms with E-state index < -0.39 is 0 Å². The monoisotopic (exact) mass is 336 g/mol. The van der Waals surface area contributed by atoms with Crippen molar-refractivity contribution in [2.24, 2.45) is 5.73 Å². The van der Waals surface area contributed by atoms with Crippen molar-refractivity contribution in [3.63, 3.8) is 0 Å². The minimum Gasteiger partial charge on any atom is -0.441 e. The molecule has 0 unspecified atom stereocenters. The molecule has 0 aliphatic carbocycles. The summed E-state index contributed by atoms with van der Waals surface area (Å²) < 4.78 is 5.53. The van der Waals surface area contributed by atoms with Crippen LogP contribution in [0.4, 0.5) is 5.82 Å². The highest BCUT2D eigenvalue weighted by Crippen LogP contribution is 2.22. The molecular formula is C19H20N4O2. The Bertz CT molecular complexity index is 926. The number of hydrogen-bond donors (Lipinski definition) is 1. The van der Waals surface area contributed by atoms with Crippen molar-refractivity contribution >= 4 is 22.7 Å². The number of rotatable bonds is 3. The molecule has 3 heterocycles. The van der Waals surface area contributed by atoms with Crippen molar-refractivity contribution in [3.8, 4) is 0 Å². The maximum atomic E-state index is 12.9. The van der Waals surface area contributed by atoms with Gasteiger partial charge in [0.15, 0.2) is 17.3 Å². The Morgan fingerprint density at radius 2 is 1.96 bits per heavy atom. The maximum absolute atomic E-state index is 12.9. The molecule has 6 heteroatoms. The molecule has 6 nitrogen and oxygen atoms in total. The van der Waals surface area contributed by atoms with Crippen LogP contribution in [-0.4, -0.2) is 34.9 Å². The van der Waals surface area contributed by atoms with Crippen molar-refractivity contribution in [2.45, 2.75) is 25.8 Å². The summed E-state index contributed by atoms with van der Waals surface area (Å²) in [5.74, 6) is 1.37. The highest BCUT2D eigenvalue weighted by molar-refractivity contribution is 6.10. The normalized spacial score (nSPS) is 15.7. The Hall–Kier alpha value is -2.73. The average Bonchev–Trinajstić information content (AvgIpc) is 3.01. The molecular weight excluding hydrogens is 316 g/mol. The molecule has 0 atom stereocenters. The van der Waals surface area contributed by atoms with Crippen LogP contribution in [0.2, 0.25) is 0 Å². The zero-order valence-corrected chi connectivity index (χ0v) is 14.1. The van der Waals surface area contributed by atoms with Gasteiger partial charge in [-0.3, -0.25) is 4.79 Å². The minimum atomic E-state index is -0.0479. The van der Waals surface area contributed by atoms with Gasteiger partial charge in [0.05, 0.1) is 0 Å². The molecule has 1 saturated heterocycles. The van der Waals surface area contributed by atoms with Crippen LogP contribution in [0.3, 0.4) is 0 Å². The van der Waals surface area contributed by atoms with E-state index in [9.17, 15) is 4.79 Å². The number of carbonyl (C=O) groups is 1. The zero-order valence-electron chi connectivity index (χ0n) is 14.1. The summed E-state index contributed by atoms with van der Waals surface area (Å²) >= 11 is 0. The molecule has 25 heavy (non-hydrogen) atoms. The van der Waals surface area contributed by atoms with Gasteiger partial charge >= 0.3 is 0 Å². The van der Waals surface area contributed by atoms with E-state index in [1.165, 1.54) is 0 Å². The molecule has 1 aliphatic rings. The molecule has 0 saturated carbocycles. The third kappa shape index (κ3) is 3.13. The van der Waals surface area contributed by atoms with Crippen molar-refractivity contribution in [3.05, 3.63) is 53.5 Å². The SMILES string of the molecule is Cc1nc2ccc(C(=O)c3ccnc(N4CCC(N)CC4)c3)cc2o1. The fourth-order valence-corrected chi connectivity index (χ4v) is 3.21. The molecule has 2 aromatic heterocycles. The van der Waals surface area contributed by atoms with Crippen LogP contribution >= 0.6 is 0 Å². The Morgan fingerprint density at radius 3 is 2.76 bits per heavy atom. The van der Waals surface area contributed by atoms with Crippen LogP contribution in [0.1, 0.15) is 34.7 Å². The van der Waals surface area contributed by atoms with E-state index in [4.69, 9.17) is 10.2 Å². The number of nitrogens with two attached hydrogens (primary N) is 1. The van der Waals surface area contributed by atoms with Crippen molar-refractivity contribution in [1.82, 2.24) is 9.97 Å². The number of pyridine rings is 1. The van der Waals surface area contributed by atoms with Gasteiger partial charge < -0.3 is 15.1 Å². The first-order valence-corrected chi connectivity index (χ1v) is 8.48. The summed E-state index contributed by atoms with van der Waals surface area (Å²) in [6.45, 7) is 3.53. The second-order valence-electron chi connectivity index (χ2n) is 6.47. The highest BCUT2D eigenvalue weighted by Gasteiger charge is 2.19. The number of anilines is 1. The Morgan fingerprint density at radius 1 is 1.20 bits per heavy atom. The van der Waals surface area contributed by atoms with Crippen molar-refractivity contribution < 1.29 is 9.21 Å². The summed E-state index contributed by atoms with van der Waals surface area (Å²) in [5, 5.41) is 0. The van der Waals surface area contributed by atoms with Crippen molar-refractivity contribution in [1.29, 1.82) is 0 Å². The summed E-state index contributed by atoms with van der Waals surface area (Å²) in [6, 6.07) is 9.21. The average molecular weight is 336 g/mol. The smallest absolute Gasteiger partial charge is 0.193 e. The number of hydrogen-bond acceptors (Lipinski definition) is 6. The van der Waals surface area contributed by atoms with Gasteiger partial charge in [0, 0.05) is 43.4 Å². The maximum Gasteiger partial charge on any atom is 0.193 e. The Labute approximate surface area is 145 Å². The first kappa shape index (κ1) is 15.8. The molecule has 3 aromatic rings. The number of fused-ring (bicyclic) bond motifs is 1. The van der Waals surface area contributed by atoms with E-state index in [-0.39, 0.29) is 11.8 Å². The fraction of sp³-hybridized carbons (Fsp3) is 0.316. The van der Waals surface area contributed by atoms with Gasteiger partial charge in [-0.2, -0.15) is 0 Å². The summed E-state index contributed by atoms with van der Waals surface area (Å²) in [7, 11) is 0. The van der Waals surface area contributed by atoms with E-state index in [1.807, 2.05) is 12.1 Å². The number of aryl methyl sites for hydroxylation is 1. The second-order valence-corrected chi connectivity index (χ2v) is 6.47.